The fourth-order valence-corrected chi connectivity index (χ4v) is 7.84. The van der Waals surface area contributed by atoms with E-state index in [0.29, 0.717) is 4.90 Å². The van der Waals surface area contributed by atoms with E-state index >= 15 is 0 Å². The second-order valence-corrected chi connectivity index (χ2v) is 13.1. The molecule has 0 amide bonds. The third kappa shape index (κ3) is 3.72. The molecule has 198 valence electrons. The molecule has 3 heterocycles. The maximum Gasteiger partial charge on any atom is 0.243 e. The van der Waals surface area contributed by atoms with Gasteiger partial charge in [0.25, 0.3) is 0 Å². The minimum Gasteiger partial charge on any atom is -0.351 e. The van der Waals surface area contributed by atoms with Crippen LogP contribution in [0.1, 0.15) is 52.8 Å². The van der Waals surface area contributed by atoms with E-state index in [1.165, 1.54) is 0 Å². The van der Waals surface area contributed by atoms with E-state index in [2.05, 4.69) is 50.0 Å². The molecule has 0 aromatic heterocycles. The van der Waals surface area contributed by atoms with Gasteiger partial charge < -0.3 is 4.74 Å². The molecule has 0 unspecified atom stereocenters. The van der Waals surface area contributed by atoms with Crippen molar-refractivity contribution in [2.75, 3.05) is 0 Å². The van der Waals surface area contributed by atoms with Crippen LogP contribution in [0.5, 0.6) is 0 Å². The molecule has 0 saturated carbocycles. The molecule has 4 aromatic carbocycles. The van der Waals surface area contributed by atoms with Crippen LogP contribution in [0.25, 0.3) is 11.1 Å². The first-order valence-electron chi connectivity index (χ1n) is 13.5. The number of aryl methyl sites for hydroxylation is 1. The molecule has 0 saturated heterocycles. The molecule has 40 heavy (non-hydrogen) atoms. The normalized spacial score (nSPS) is 22.6. The average Bonchev–Trinajstić information content (AvgIpc) is 3.61. The van der Waals surface area contributed by atoms with Crippen molar-refractivity contribution in [2.45, 2.75) is 50.0 Å². The van der Waals surface area contributed by atoms with Crippen LogP contribution in [0.3, 0.4) is 0 Å². The molecule has 4 nitrogen and oxygen atoms in total. The Labute approximate surface area is 236 Å². The quantitative estimate of drug-likeness (QED) is 0.211. The van der Waals surface area contributed by atoms with Gasteiger partial charge in [0.1, 0.15) is 11.2 Å². The zero-order valence-corrected chi connectivity index (χ0v) is 23.5. The SMILES string of the molecule is Cc1ccc(S(=O)(=O)N2Cc3c(C#Cc4ccccc4)c(-c4ccccc4)c4c(c3C2)[C@]2(C)C=C[C@@]4(C)O2)cc1. The van der Waals surface area contributed by atoms with Crippen LogP contribution in [0, 0.1) is 18.8 Å². The smallest absolute Gasteiger partial charge is 0.243 e. The fraction of sp³-hybridized carbons (Fsp3) is 0.200. The van der Waals surface area contributed by atoms with E-state index in [1.54, 1.807) is 16.4 Å². The Kier molecular flexibility index (Phi) is 5.49. The van der Waals surface area contributed by atoms with Crippen molar-refractivity contribution in [2.24, 2.45) is 0 Å². The summed E-state index contributed by atoms with van der Waals surface area (Å²) in [5.41, 5.74) is 7.78. The summed E-state index contributed by atoms with van der Waals surface area (Å²) in [4.78, 5) is 0.304. The number of hydrogen-bond donors (Lipinski definition) is 0. The number of hydrogen-bond acceptors (Lipinski definition) is 3. The highest BCUT2D eigenvalue weighted by molar-refractivity contribution is 7.89. The molecule has 5 heteroatoms. The molecule has 2 atom stereocenters. The van der Waals surface area contributed by atoms with E-state index in [1.807, 2.05) is 67.6 Å². The molecular weight excluding hydrogens is 514 g/mol. The highest BCUT2D eigenvalue weighted by atomic mass is 32.2. The number of benzene rings is 4. The number of fused-ring (bicyclic) bond motifs is 7. The number of nitrogens with zero attached hydrogens (tertiary/aromatic N) is 1. The van der Waals surface area contributed by atoms with Crippen molar-refractivity contribution >= 4 is 10.0 Å². The van der Waals surface area contributed by atoms with E-state index in [-0.39, 0.29) is 13.1 Å². The summed E-state index contributed by atoms with van der Waals surface area (Å²) < 4.78 is 36.1. The zero-order valence-electron chi connectivity index (χ0n) is 22.7. The molecule has 4 aromatic rings. The van der Waals surface area contributed by atoms with Gasteiger partial charge in [0, 0.05) is 35.3 Å². The number of sulfonamides is 1. The summed E-state index contributed by atoms with van der Waals surface area (Å²) in [6.45, 7) is 6.68. The predicted molar refractivity (Wildman–Crippen MR) is 157 cm³/mol. The van der Waals surface area contributed by atoms with Crippen LogP contribution in [-0.4, -0.2) is 12.7 Å². The summed E-state index contributed by atoms with van der Waals surface area (Å²) in [6, 6.07) is 27.3. The first-order valence-corrected chi connectivity index (χ1v) is 15.0. The maximum absolute atomic E-state index is 13.9. The van der Waals surface area contributed by atoms with Crippen LogP contribution in [0.2, 0.25) is 0 Å². The predicted octanol–water partition coefficient (Wildman–Crippen LogP) is 6.80. The van der Waals surface area contributed by atoms with E-state index in [9.17, 15) is 8.42 Å². The highest BCUT2D eigenvalue weighted by Crippen LogP contribution is 2.60. The van der Waals surface area contributed by atoms with Crippen molar-refractivity contribution in [3.05, 3.63) is 136 Å². The summed E-state index contributed by atoms with van der Waals surface area (Å²) in [6.07, 6.45) is 4.26. The third-order valence-electron chi connectivity index (χ3n) is 8.35. The lowest BCUT2D eigenvalue weighted by molar-refractivity contribution is -0.0496. The van der Waals surface area contributed by atoms with Gasteiger partial charge in [0.15, 0.2) is 0 Å². The number of rotatable bonds is 3. The van der Waals surface area contributed by atoms with Crippen LogP contribution < -0.4 is 0 Å². The lowest BCUT2D eigenvalue weighted by Crippen LogP contribution is -2.26. The molecule has 0 N–H and O–H groups in total. The lowest BCUT2D eigenvalue weighted by Gasteiger charge is -2.26. The van der Waals surface area contributed by atoms with Crippen molar-refractivity contribution in [1.82, 2.24) is 4.31 Å². The Bertz CT molecular complexity index is 1870. The largest absolute Gasteiger partial charge is 0.351 e. The lowest BCUT2D eigenvalue weighted by atomic mass is 9.74. The first kappa shape index (κ1) is 25.0. The van der Waals surface area contributed by atoms with Crippen LogP contribution in [-0.2, 0) is 39.1 Å². The van der Waals surface area contributed by atoms with Crippen LogP contribution in [0.15, 0.2) is 102 Å². The number of ether oxygens (including phenoxy) is 1. The Balaban J connectivity index is 1.50. The molecule has 0 radical (unpaired) electrons. The molecule has 3 aliphatic rings. The summed E-state index contributed by atoms with van der Waals surface area (Å²) in [7, 11) is -3.72. The van der Waals surface area contributed by atoms with Gasteiger partial charge in [-0.3, -0.25) is 0 Å². The van der Waals surface area contributed by atoms with Gasteiger partial charge in [0.05, 0.1) is 4.90 Å². The summed E-state index contributed by atoms with van der Waals surface area (Å²) in [5, 5.41) is 0. The van der Waals surface area contributed by atoms with Crippen LogP contribution in [0.4, 0.5) is 0 Å². The minimum absolute atomic E-state index is 0.258. The van der Waals surface area contributed by atoms with Gasteiger partial charge in [-0.1, -0.05) is 78.1 Å². The molecular formula is C35H29NO3S. The maximum atomic E-state index is 13.9. The standard InChI is InChI=1S/C35H29NO3S/c1-24-14-17-27(18-15-24)40(37,38)36-22-29-28(19-16-25-10-6-4-7-11-25)31(26-12-8-5-9-13-26)33-32(30(29)23-36)34(2)20-21-35(33,3)39-34/h4-15,17-18,20-21H,22-23H2,1-3H3/t34-,35+/m0/s1. The Morgan fingerprint density at radius 2 is 1.35 bits per heavy atom. The highest BCUT2D eigenvalue weighted by Gasteiger charge is 2.55. The minimum atomic E-state index is -3.72. The Morgan fingerprint density at radius 3 is 2.02 bits per heavy atom. The second-order valence-electron chi connectivity index (χ2n) is 11.2. The second kappa shape index (κ2) is 8.78. The van der Waals surface area contributed by atoms with Crippen molar-refractivity contribution in [1.29, 1.82) is 0 Å². The van der Waals surface area contributed by atoms with Gasteiger partial charge in [-0.2, -0.15) is 4.31 Å². The topological polar surface area (TPSA) is 46.6 Å². The molecule has 2 bridgehead atoms. The molecule has 0 aliphatic carbocycles. The van der Waals surface area contributed by atoms with Gasteiger partial charge in [-0.15, -0.1) is 0 Å². The van der Waals surface area contributed by atoms with E-state index < -0.39 is 21.2 Å². The van der Waals surface area contributed by atoms with Crippen molar-refractivity contribution in [3.63, 3.8) is 0 Å². The molecule has 7 rings (SSSR count). The summed E-state index contributed by atoms with van der Waals surface area (Å²) >= 11 is 0. The van der Waals surface area contributed by atoms with Gasteiger partial charge in [-0.25, -0.2) is 8.42 Å². The van der Waals surface area contributed by atoms with E-state index in [0.717, 1.165) is 50.1 Å². The van der Waals surface area contributed by atoms with Gasteiger partial charge >= 0.3 is 0 Å². The molecule has 0 spiro atoms. The van der Waals surface area contributed by atoms with Crippen LogP contribution >= 0.6 is 0 Å². The zero-order chi connectivity index (χ0) is 27.7. The monoisotopic (exact) mass is 543 g/mol. The summed E-state index contributed by atoms with van der Waals surface area (Å²) in [5.74, 6) is 6.89. The molecule has 3 aliphatic heterocycles. The fourth-order valence-electron chi connectivity index (χ4n) is 6.47. The first-order chi connectivity index (χ1) is 19.2. The van der Waals surface area contributed by atoms with Crippen molar-refractivity contribution in [3.8, 4) is 23.0 Å². The van der Waals surface area contributed by atoms with Crippen molar-refractivity contribution < 1.29 is 13.2 Å². The van der Waals surface area contributed by atoms with Gasteiger partial charge in [-0.05, 0) is 79.4 Å². The Morgan fingerprint density at radius 1 is 0.750 bits per heavy atom. The van der Waals surface area contributed by atoms with Gasteiger partial charge in [0.2, 0.25) is 10.0 Å². The Hall–Kier alpha value is -3.95. The third-order valence-corrected chi connectivity index (χ3v) is 10.2. The van der Waals surface area contributed by atoms with E-state index in [4.69, 9.17) is 4.74 Å². The average molecular weight is 544 g/mol. The molecule has 0 fully saturated rings.